The number of ether oxygens (including phenoxy) is 2. The monoisotopic (exact) mass is 552 g/mol. The van der Waals surface area contributed by atoms with Crippen LogP contribution in [0.25, 0.3) is 22.5 Å². The Hall–Kier alpha value is -4.60. The Balaban J connectivity index is 1.46. The molecule has 10 heteroatoms. The van der Waals surface area contributed by atoms with Crippen LogP contribution in [-0.2, 0) is 26.9 Å². The number of nitrogens with one attached hydrogen (secondary N) is 1. The third kappa shape index (κ3) is 6.69. The number of halogens is 3. The zero-order valence-electron chi connectivity index (χ0n) is 22.0. The van der Waals surface area contributed by atoms with E-state index >= 15 is 0 Å². The minimum absolute atomic E-state index is 0.156. The molecule has 1 heterocycles. The fraction of sp³-hybridized carbons (Fsp3) is 0.233. The highest BCUT2D eigenvalue weighted by molar-refractivity contribution is 5.91. The van der Waals surface area contributed by atoms with E-state index in [1.165, 1.54) is 25.1 Å². The van der Waals surface area contributed by atoms with Gasteiger partial charge in [0.15, 0.2) is 5.76 Å². The van der Waals surface area contributed by atoms with Gasteiger partial charge in [0.05, 0.1) is 18.6 Å². The number of esters is 1. The van der Waals surface area contributed by atoms with Crippen molar-refractivity contribution in [1.82, 2.24) is 5.16 Å². The molecule has 0 aliphatic carbocycles. The molecule has 0 aliphatic rings. The maximum Gasteiger partial charge on any atom is 0.416 e. The van der Waals surface area contributed by atoms with Crippen LogP contribution in [-0.4, -0.2) is 23.8 Å². The number of rotatable bonds is 8. The molecule has 208 valence electrons. The largest absolute Gasteiger partial charge is 0.466 e. The Morgan fingerprint density at radius 3 is 2.17 bits per heavy atom. The average molecular weight is 553 g/mol. The Labute approximate surface area is 228 Å². The number of nitrogens with zero attached hydrogens (tertiary/aromatic N) is 1. The number of carbonyl (C=O) groups excluding carboxylic acids is 2. The molecule has 3 aromatic carbocycles. The summed E-state index contributed by atoms with van der Waals surface area (Å²) >= 11 is 0. The van der Waals surface area contributed by atoms with Gasteiger partial charge in [-0.1, -0.05) is 71.9 Å². The molecule has 0 fully saturated rings. The molecule has 0 radical (unpaired) electrons. The molecule has 0 aliphatic heterocycles. The van der Waals surface area contributed by atoms with Gasteiger partial charge >= 0.3 is 18.2 Å². The quantitative estimate of drug-likeness (QED) is 0.225. The van der Waals surface area contributed by atoms with Gasteiger partial charge in [0.2, 0.25) is 0 Å². The van der Waals surface area contributed by atoms with Gasteiger partial charge in [0, 0.05) is 11.1 Å². The van der Waals surface area contributed by atoms with Gasteiger partial charge in [0.1, 0.15) is 17.5 Å². The first-order valence-electron chi connectivity index (χ1n) is 12.5. The molecule has 7 nitrogen and oxygen atoms in total. The smallest absolute Gasteiger partial charge is 0.416 e. The predicted molar refractivity (Wildman–Crippen MR) is 142 cm³/mol. The van der Waals surface area contributed by atoms with Crippen molar-refractivity contribution >= 4 is 17.7 Å². The lowest BCUT2D eigenvalue weighted by Crippen LogP contribution is -2.19. The van der Waals surface area contributed by atoms with Crippen LogP contribution >= 0.6 is 0 Å². The molecule has 1 atom stereocenters. The van der Waals surface area contributed by atoms with E-state index < -0.39 is 23.9 Å². The number of alkyl halides is 3. The van der Waals surface area contributed by atoms with Crippen LogP contribution in [0.4, 0.5) is 23.7 Å². The van der Waals surface area contributed by atoms with E-state index in [9.17, 15) is 22.8 Å². The van der Waals surface area contributed by atoms with Gasteiger partial charge in [-0.3, -0.25) is 10.1 Å². The summed E-state index contributed by atoms with van der Waals surface area (Å²) in [6, 6.07) is 19.8. The standard InChI is InChI=1S/C30H27F3N2O5/c1-4-38-26(36)17-20-9-11-21(12-10-20)22-13-15-23(16-14-22)28-27(18(2)35-40-28)34-29(37)39-19(3)24-7-5-6-8-25(24)30(31,32)33/h5-16,19H,4,17H2,1-3H3,(H,34,37). The summed E-state index contributed by atoms with van der Waals surface area (Å²) in [4.78, 5) is 24.3. The maximum absolute atomic E-state index is 13.4. The zero-order valence-corrected chi connectivity index (χ0v) is 22.0. The Kier molecular flexibility index (Phi) is 8.57. The summed E-state index contributed by atoms with van der Waals surface area (Å²) < 4.78 is 55.8. The van der Waals surface area contributed by atoms with Gasteiger partial charge < -0.3 is 14.0 Å². The molecule has 0 saturated carbocycles. The number of aromatic nitrogens is 1. The van der Waals surface area contributed by atoms with Gasteiger partial charge in [0.25, 0.3) is 0 Å². The molecule has 4 aromatic rings. The van der Waals surface area contributed by atoms with Gasteiger partial charge in [-0.05, 0) is 43.5 Å². The number of amides is 1. The van der Waals surface area contributed by atoms with Crippen LogP contribution in [0.5, 0.6) is 0 Å². The van der Waals surface area contributed by atoms with Crippen molar-refractivity contribution in [2.45, 2.75) is 39.5 Å². The van der Waals surface area contributed by atoms with Gasteiger partial charge in [-0.2, -0.15) is 13.2 Å². The number of carbonyl (C=O) groups is 2. The molecule has 4 rings (SSSR count). The highest BCUT2D eigenvalue weighted by Gasteiger charge is 2.35. The van der Waals surface area contributed by atoms with E-state index in [1.54, 1.807) is 26.0 Å². The second-order valence-electron chi connectivity index (χ2n) is 8.99. The maximum atomic E-state index is 13.4. The highest BCUT2D eigenvalue weighted by atomic mass is 19.4. The summed E-state index contributed by atoms with van der Waals surface area (Å²) in [6.45, 7) is 5.09. The second-order valence-corrected chi connectivity index (χ2v) is 8.99. The van der Waals surface area contributed by atoms with E-state index in [0.29, 0.717) is 17.9 Å². The van der Waals surface area contributed by atoms with E-state index in [2.05, 4.69) is 10.5 Å². The second kappa shape index (κ2) is 12.1. The van der Waals surface area contributed by atoms with Crippen LogP contribution in [0.3, 0.4) is 0 Å². The molecular weight excluding hydrogens is 525 g/mol. The molecule has 1 amide bonds. The van der Waals surface area contributed by atoms with Crippen molar-refractivity contribution in [3.8, 4) is 22.5 Å². The fourth-order valence-electron chi connectivity index (χ4n) is 4.19. The molecular formula is C30H27F3N2O5. The van der Waals surface area contributed by atoms with Crippen molar-refractivity contribution in [2.24, 2.45) is 0 Å². The topological polar surface area (TPSA) is 90.7 Å². The third-order valence-corrected chi connectivity index (χ3v) is 6.17. The number of hydrogen-bond donors (Lipinski definition) is 1. The van der Waals surface area contributed by atoms with Crippen LogP contribution in [0.1, 0.15) is 42.3 Å². The first-order valence-corrected chi connectivity index (χ1v) is 12.5. The molecule has 1 N–H and O–H groups in total. The SMILES string of the molecule is CCOC(=O)Cc1ccc(-c2ccc(-c3onc(C)c3NC(=O)OC(C)c3ccccc3C(F)(F)F)cc2)cc1. The summed E-state index contributed by atoms with van der Waals surface area (Å²) in [5, 5.41) is 6.48. The first-order chi connectivity index (χ1) is 19.1. The Morgan fingerprint density at radius 1 is 0.950 bits per heavy atom. The molecule has 0 bridgehead atoms. The number of benzene rings is 3. The summed E-state index contributed by atoms with van der Waals surface area (Å²) in [5.74, 6) is -0.00930. The summed E-state index contributed by atoms with van der Waals surface area (Å²) in [5.41, 5.74) is 2.90. The van der Waals surface area contributed by atoms with Gasteiger partial charge in [-0.15, -0.1) is 0 Å². The number of aryl methyl sites for hydroxylation is 1. The van der Waals surface area contributed by atoms with Crippen LogP contribution in [0, 0.1) is 6.92 Å². The van der Waals surface area contributed by atoms with Gasteiger partial charge in [-0.25, -0.2) is 4.79 Å². The lowest BCUT2D eigenvalue weighted by molar-refractivity contribution is -0.142. The molecule has 0 saturated heterocycles. The zero-order chi connectivity index (χ0) is 28.9. The Morgan fingerprint density at radius 2 is 1.55 bits per heavy atom. The van der Waals surface area contributed by atoms with E-state index in [-0.39, 0.29) is 29.4 Å². The number of hydrogen-bond acceptors (Lipinski definition) is 6. The predicted octanol–water partition coefficient (Wildman–Crippen LogP) is 7.75. The molecule has 1 aromatic heterocycles. The average Bonchev–Trinajstić information content (AvgIpc) is 3.28. The van der Waals surface area contributed by atoms with E-state index in [0.717, 1.165) is 22.8 Å². The van der Waals surface area contributed by atoms with Crippen molar-refractivity contribution in [2.75, 3.05) is 11.9 Å². The summed E-state index contributed by atoms with van der Waals surface area (Å²) in [6.07, 6.45) is -6.50. The number of anilines is 1. The molecule has 0 spiro atoms. The van der Waals surface area contributed by atoms with E-state index in [4.69, 9.17) is 14.0 Å². The van der Waals surface area contributed by atoms with Crippen LogP contribution < -0.4 is 5.32 Å². The van der Waals surface area contributed by atoms with Crippen LogP contribution in [0.15, 0.2) is 77.3 Å². The summed E-state index contributed by atoms with van der Waals surface area (Å²) in [7, 11) is 0. The lowest BCUT2D eigenvalue weighted by atomic mass is 10.0. The normalized spacial score (nSPS) is 12.1. The fourth-order valence-corrected chi connectivity index (χ4v) is 4.19. The minimum Gasteiger partial charge on any atom is -0.466 e. The molecule has 1 unspecified atom stereocenters. The molecule has 40 heavy (non-hydrogen) atoms. The van der Waals surface area contributed by atoms with Crippen molar-refractivity contribution in [1.29, 1.82) is 0 Å². The van der Waals surface area contributed by atoms with Crippen LogP contribution in [0.2, 0.25) is 0 Å². The van der Waals surface area contributed by atoms with Crippen molar-refractivity contribution < 1.29 is 36.8 Å². The van der Waals surface area contributed by atoms with Crippen molar-refractivity contribution in [3.05, 3.63) is 95.2 Å². The highest BCUT2D eigenvalue weighted by Crippen LogP contribution is 2.36. The van der Waals surface area contributed by atoms with E-state index in [1.807, 2.05) is 36.4 Å². The van der Waals surface area contributed by atoms with Crippen molar-refractivity contribution in [3.63, 3.8) is 0 Å². The third-order valence-electron chi connectivity index (χ3n) is 6.17. The Bertz CT molecular complexity index is 1480. The lowest BCUT2D eigenvalue weighted by Gasteiger charge is -2.19. The minimum atomic E-state index is -4.58. The first kappa shape index (κ1) is 28.4.